The fraction of sp³-hybridized carbons (Fsp3) is 0. The predicted octanol–water partition coefficient (Wildman–Crippen LogP) is 2.04. The van der Waals surface area contributed by atoms with E-state index in [2.05, 4.69) is 6.58 Å². The Hall–Kier alpha value is -2.03. The minimum absolute atomic E-state index is 0.131. The molecule has 0 spiro atoms. The molecule has 0 radical (unpaired) electrons. The summed E-state index contributed by atoms with van der Waals surface area (Å²) in [6, 6.07) is 5.91. The average Bonchev–Trinajstić information content (AvgIpc) is 2.18. The lowest BCUT2D eigenvalue weighted by Crippen LogP contribution is -2.03. The van der Waals surface area contributed by atoms with Crippen molar-refractivity contribution in [2.24, 2.45) is 0 Å². The van der Waals surface area contributed by atoms with Gasteiger partial charge in [-0.3, -0.25) is 0 Å². The van der Waals surface area contributed by atoms with E-state index in [1.807, 2.05) is 0 Å². The summed E-state index contributed by atoms with van der Waals surface area (Å²) in [5.74, 6) is 0.0449. The zero-order chi connectivity index (χ0) is 10.4. The van der Waals surface area contributed by atoms with Gasteiger partial charge in [0.25, 0.3) is 0 Å². The number of aromatic hydroxyl groups is 1. The molecule has 0 bridgehead atoms. The molecule has 0 amide bonds. The number of carbonyl (C=O) groups is 1. The molecule has 0 aliphatic rings. The molecule has 0 unspecified atom stereocenters. The highest BCUT2D eigenvalue weighted by molar-refractivity contribution is 5.84. The van der Waals surface area contributed by atoms with Gasteiger partial charge in [-0.1, -0.05) is 18.7 Å². The van der Waals surface area contributed by atoms with Gasteiger partial charge in [-0.15, -0.1) is 0 Å². The van der Waals surface area contributed by atoms with Crippen LogP contribution in [0.4, 0.5) is 0 Å². The third kappa shape index (κ3) is 3.15. The van der Waals surface area contributed by atoms with Crippen molar-refractivity contribution in [1.29, 1.82) is 0 Å². The average molecular weight is 190 g/mol. The molecule has 1 rings (SSSR count). The molecule has 1 N–H and O–H groups in total. The lowest BCUT2D eigenvalue weighted by atomic mass is 10.3. The van der Waals surface area contributed by atoms with Crippen molar-refractivity contribution >= 4 is 5.97 Å². The largest absolute Gasteiger partial charge is 0.508 e. The maximum Gasteiger partial charge on any atom is 0.336 e. The van der Waals surface area contributed by atoms with Crippen LogP contribution in [0.3, 0.4) is 0 Å². The first-order chi connectivity index (χ1) is 6.72. The van der Waals surface area contributed by atoms with E-state index in [1.54, 1.807) is 0 Å². The van der Waals surface area contributed by atoms with Crippen molar-refractivity contribution in [3.05, 3.63) is 49.1 Å². The Morgan fingerprint density at radius 1 is 1.36 bits per heavy atom. The van der Waals surface area contributed by atoms with E-state index in [1.165, 1.54) is 42.5 Å². The molecule has 14 heavy (non-hydrogen) atoms. The zero-order valence-electron chi connectivity index (χ0n) is 7.51. The fourth-order valence-electron chi connectivity index (χ4n) is 0.811. The van der Waals surface area contributed by atoms with Crippen LogP contribution in [0.1, 0.15) is 0 Å². The van der Waals surface area contributed by atoms with Gasteiger partial charge in [0.2, 0.25) is 0 Å². The van der Waals surface area contributed by atoms with Gasteiger partial charge in [-0.05, 0) is 24.3 Å². The van der Waals surface area contributed by atoms with Crippen LogP contribution in [0.5, 0.6) is 11.5 Å². The van der Waals surface area contributed by atoms with Gasteiger partial charge >= 0.3 is 5.97 Å². The van der Waals surface area contributed by atoms with Crippen LogP contribution < -0.4 is 4.74 Å². The van der Waals surface area contributed by atoms with E-state index in [0.717, 1.165) is 0 Å². The molecule has 0 aromatic heterocycles. The monoisotopic (exact) mass is 190 g/mol. The number of benzene rings is 1. The molecule has 0 atom stereocenters. The van der Waals surface area contributed by atoms with Crippen molar-refractivity contribution in [3.8, 4) is 11.5 Å². The second-order valence-corrected chi connectivity index (χ2v) is 2.51. The second-order valence-electron chi connectivity index (χ2n) is 2.51. The van der Waals surface area contributed by atoms with Gasteiger partial charge in [0.15, 0.2) is 0 Å². The molecular weight excluding hydrogens is 180 g/mol. The van der Waals surface area contributed by atoms with E-state index < -0.39 is 5.97 Å². The predicted molar refractivity (Wildman–Crippen MR) is 53.1 cm³/mol. The van der Waals surface area contributed by atoms with E-state index >= 15 is 0 Å². The van der Waals surface area contributed by atoms with E-state index in [-0.39, 0.29) is 5.75 Å². The summed E-state index contributed by atoms with van der Waals surface area (Å²) < 4.78 is 4.89. The van der Waals surface area contributed by atoms with Gasteiger partial charge in [0, 0.05) is 6.08 Å². The summed E-state index contributed by atoms with van der Waals surface area (Å²) in [5, 5.41) is 8.96. The highest BCUT2D eigenvalue weighted by atomic mass is 16.5. The minimum atomic E-state index is -0.476. The van der Waals surface area contributed by atoms with E-state index in [9.17, 15) is 4.79 Å². The standard InChI is InChI=1S/C11H10O3/c1-2-3-4-11(13)14-10-7-5-9(12)6-8-10/h2-8,12H,1H2. The molecule has 1 aromatic carbocycles. The van der Waals surface area contributed by atoms with Crippen molar-refractivity contribution in [2.75, 3.05) is 0 Å². The van der Waals surface area contributed by atoms with Crippen LogP contribution in [-0.4, -0.2) is 11.1 Å². The Balaban J connectivity index is 2.60. The maximum atomic E-state index is 11.0. The van der Waals surface area contributed by atoms with Crippen LogP contribution in [0.15, 0.2) is 49.1 Å². The van der Waals surface area contributed by atoms with Crippen LogP contribution in [0, 0.1) is 0 Å². The lowest BCUT2D eigenvalue weighted by Gasteiger charge is -2.00. The summed E-state index contributed by atoms with van der Waals surface area (Å²) in [5.41, 5.74) is 0. The Morgan fingerprint density at radius 2 is 2.00 bits per heavy atom. The normalized spacial score (nSPS) is 10.0. The molecule has 3 heteroatoms. The van der Waals surface area contributed by atoms with Crippen molar-refractivity contribution < 1.29 is 14.6 Å². The number of phenolic OH excluding ortho intramolecular Hbond substituents is 1. The Morgan fingerprint density at radius 3 is 2.57 bits per heavy atom. The van der Waals surface area contributed by atoms with Gasteiger partial charge < -0.3 is 9.84 Å². The van der Waals surface area contributed by atoms with Gasteiger partial charge in [0.1, 0.15) is 11.5 Å². The summed E-state index contributed by atoms with van der Waals surface area (Å²) in [4.78, 5) is 11.0. The van der Waals surface area contributed by atoms with Gasteiger partial charge in [-0.2, -0.15) is 0 Å². The first-order valence-corrected chi connectivity index (χ1v) is 4.02. The highest BCUT2D eigenvalue weighted by Crippen LogP contribution is 2.15. The summed E-state index contributed by atoms with van der Waals surface area (Å²) in [6.45, 7) is 3.42. The number of phenols is 1. The first-order valence-electron chi connectivity index (χ1n) is 4.02. The van der Waals surface area contributed by atoms with E-state index in [0.29, 0.717) is 5.75 Å². The number of hydrogen-bond donors (Lipinski definition) is 1. The van der Waals surface area contributed by atoms with Crippen LogP contribution >= 0.6 is 0 Å². The number of carbonyl (C=O) groups excluding carboxylic acids is 1. The Bertz CT molecular complexity index is 349. The number of esters is 1. The molecule has 1 aromatic rings. The zero-order valence-corrected chi connectivity index (χ0v) is 7.51. The smallest absolute Gasteiger partial charge is 0.336 e. The molecule has 72 valence electrons. The first kappa shape index (κ1) is 10.1. The number of hydrogen-bond acceptors (Lipinski definition) is 3. The van der Waals surface area contributed by atoms with Crippen LogP contribution in [-0.2, 0) is 4.79 Å². The molecule has 0 fully saturated rings. The molecule has 0 aliphatic heterocycles. The molecule has 0 heterocycles. The van der Waals surface area contributed by atoms with E-state index in [4.69, 9.17) is 9.84 Å². The quantitative estimate of drug-likeness (QED) is 0.343. The molecule has 3 nitrogen and oxygen atoms in total. The van der Waals surface area contributed by atoms with Crippen molar-refractivity contribution in [3.63, 3.8) is 0 Å². The van der Waals surface area contributed by atoms with Gasteiger partial charge in [0.05, 0.1) is 0 Å². The van der Waals surface area contributed by atoms with Crippen molar-refractivity contribution in [2.45, 2.75) is 0 Å². The number of allylic oxidation sites excluding steroid dienone is 2. The summed E-state index contributed by atoms with van der Waals surface area (Å²) in [7, 11) is 0. The van der Waals surface area contributed by atoms with Gasteiger partial charge in [-0.25, -0.2) is 4.79 Å². The number of rotatable bonds is 3. The number of ether oxygens (including phenoxy) is 1. The third-order valence-electron chi connectivity index (χ3n) is 1.42. The fourth-order valence-corrected chi connectivity index (χ4v) is 0.811. The Labute approximate surface area is 81.9 Å². The SMILES string of the molecule is C=CC=CC(=O)Oc1ccc(O)cc1. The molecule has 0 saturated heterocycles. The van der Waals surface area contributed by atoms with Crippen LogP contribution in [0.2, 0.25) is 0 Å². The maximum absolute atomic E-state index is 11.0. The molecule has 0 saturated carbocycles. The highest BCUT2D eigenvalue weighted by Gasteiger charge is 1.98. The summed E-state index contributed by atoms with van der Waals surface area (Å²) >= 11 is 0. The second kappa shape index (κ2) is 4.87. The topological polar surface area (TPSA) is 46.5 Å². The van der Waals surface area contributed by atoms with Crippen molar-refractivity contribution in [1.82, 2.24) is 0 Å². The molecular formula is C11H10O3. The summed E-state index contributed by atoms with van der Waals surface area (Å²) in [6.07, 6.45) is 4.24. The Kier molecular flexibility index (Phi) is 3.49. The lowest BCUT2D eigenvalue weighted by molar-refractivity contribution is -0.128. The van der Waals surface area contributed by atoms with Crippen LogP contribution in [0.25, 0.3) is 0 Å². The molecule has 0 aliphatic carbocycles. The third-order valence-corrected chi connectivity index (χ3v) is 1.42. The minimum Gasteiger partial charge on any atom is -0.508 e.